The summed E-state index contributed by atoms with van der Waals surface area (Å²) in [5, 5.41) is 3.01. The van der Waals surface area contributed by atoms with Crippen LogP contribution in [-0.2, 0) is 0 Å². The van der Waals surface area contributed by atoms with Crippen molar-refractivity contribution in [2.45, 2.75) is 26.8 Å². The van der Waals surface area contributed by atoms with Crippen LogP contribution in [0.5, 0.6) is 5.75 Å². The van der Waals surface area contributed by atoms with Crippen molar-refractivity contribution in [3.05, 3.63) is 29.3 Å². The second kappa shape index (κ2) is 4.16. The van der Waals surface area contributed by atoms with Gasteiger partial charge in [-0.2, -0.15) is 0 Å². The summed E-state index contributed by atoms with van der Waals surface area (Å²) in [4.78, 5) is 12.1. The number of benzene rings is 1. The first-order valence-electron chi connectivity index (χ1n) is 5.63. The molecule has 1 unspecified atom stereocenters. The van der Waals surface area contributed by atoms with Crippen LogP contribution < -0.4 is 10.1 Å². The van der Waals surface area contributed by atoms with Crippen LogP contribution in [0.3, 0.4) is 0 Å². The molecule has 0 saturated carbocycles. The summed E-state index contributed by atoms with van der Waals surface area (Å²) in [6.07, 6.45) is 0. The van der Waals surface area contributed by atoms with E-state index in [2.05, 4.69) is 19.2 Å². The quantitative estimate of drug-likeness (QED) is 0.786. The van der Waals surface area contributed by atoms with Gasteiger partial charge in [0.15, 0.2) is 0 Å². The summed E-state index contributed by atoms with van der Waals surface area (Å²) in [7, 11) is 0. The molecular weight excluding hydrogens is 202 g/mol. The van der Waals surface area contributed by atoms with Crippen LogP contribution in [0.1, 0.15) is 29.8 Å². The first-order chi connectivity index (χ1) is 7.59. The number of amides is 1. The van der Waals surface area contributed by atoms with Gasteiger partial charge in [0, 0.05) is 0 Å². The average Bonchev–Trinajstić information content (AvgIpc) is 2.39. The molecule has 1 atom stereocenters. The molecule has 1 heterocycles. The third-order valence-corrected chi connectivity index (χ3v) is 3.00. The molecule has 1 N–H and O–H groups in total. The lowest BCUT2D eigenvalue weighted by atomic mass is 10.0. The molecule has 1 aliphatic rings. The standard InChI is InChI=1S/C13H17NO2/c1-8(2)10-7-16-11-6-4-5-9(3)12(11)13(15)14-10/h4-6,8,10H,7H2,1-3H3,(H,14,15). The maximum Gasteiger partial charge on any atom is 0.255 e. The topological polar surface area (TPSA) is 38.3 Å². The Kier molecular flexibility index (Phi) is 2.86. The molecule has 0 saturated heterocycles. The minimum absolute atomic E-state index is 0.0238. The lowest BCUT2D eigenvalue weighted by Gasteiger charge is -2.18. The molecule has 16 heavy (non-hydrogen) atoms. The predicted molar refractivity (Wildman–Crippen MR) is 62.8 cm³/mol. The molecule has 1 amide bonds. The van der Waals surface area contributed by atoms with Gasteiger partial charge in [-0.1, -0.05) is 26.0 Å². The molecule has 0 radical (unpaired) electrons. The van der Waals surface area contributed by atoms with Crippen molar-refractivity contribution in [3.63, 3.8) is 0 Å². The van der Waals surface area contributed by atoms with Gasteiger partial charge < -0.3 is 10.1 Å². The summed E-state index contributed by atoms with van der Waals surface area (Å²) >= 11 is 0. The molecule has 3 heteroatoms. The number of rotatable bonds is 1. The van der Waals surface area contributed by atoms with Crippen molar-refractivity contribution in [2.75, 3.05) is 6.61 Å². The number of hydrogen-bond donors (Lipinski definition) is 1. The third kappa shape index (κ3) is 1.90. The highest BCUT2D eigenvalue weighted by Gasteiger charge is 2.25. The molecule has 0 aromatic heterocycles. The van der Waals surface area contributed by atoms with Crippen LogP contribution in [0.4, 0.5) is 0 Å². The second-order valence-electron chi connectivity index (χ2n) is 4.58. The van der Waals surface area contributed by atoms with Gasteiger partial charge in [0.25, 0.3) is 5.91 Å². The monoisotopic (exact) mass is 219 g/mol. The largest absolute Gasteiger partial charge is 0.491 e. The van der Waals surface area contributed by atoms with Gasteiger partial charge in [0.05, 0.1) is 11.6 Å². The van der Waals surface area contributed by atoms with E-state index in [4.69, 9.17) is 4.74 Å². The van der Waals surface area contributed by atoms with Crippen LogP contribution in [-0.4, -0.2) is 18.6 Å². The number of aryl methyl sites for hydroxylation is 1. The zero-order chi connectivity index (χ0) is 11.7. The lowest BCUT2D eigenvalue weighted by Crippen LogP contribution is -2.40. The van der Waals surface area contributed by atoms with Gasteiger partial charge in [0.2, 0.25) is 0 Å². The first kappa shape index (κ1) is 11.0. The Morgan fingerprint density at radius 2 is 2.19 bits per heavy atom. The molecule has 1 aromatic rings. The van der Waals surface area contributed by atoms with E-state index in [0.717, 1.165) is 5.56 Å². The van der Waals surface area contributed by atoms with Gasteiger partial charge in [-0.25, -0.2) is 0 Å². The van der Waals surface area contributed by atoms with Crippen molar-refractivity contribution in [3.8, 4) is 5.75 Å². The van der Waals surface area contributed by atoms with Gasteiger partial charge >= 0.3 is 0 Å². The smallest absolute Gasteiger partial charge is 0.255 e. The van der Waals surface area contributed by atoms with Crippen molar-refractivity contribution in [2.24, 2.45) is 5.92 Å². The van der Waals surface area contributed by atoms with E-state index >= 15 is 0 Å². The molecular formula is C13H17NO2. The van der Waals surface area contributed by atoms with Crippen molar-refractivity contribution < 1.29 is 9.53 Å². The zero-order valence-electron chi connectivity index (χ0n) is 9.91. The van der Waals surface area contributed by atoms with Crippen molar-refractivity contribution in [1.29, 1.82) is 0 Å². The number of carbonyl (C=O) groups excluding carboxylic acids is 1. The van der Waals surface area contributed by atoms with E-state index in [-0.39, 0.29) is 11.9 Å². The van der Waals surface area contributed by atoms with Gasteiger partial charge in [-0.05, 0) is 24.5 Å². The van der Waals surface area contributed by atoms with E-state index in [1.807, 2.05) is 25.1 Å². The van der Waals surface area contributed by atoms with Crippen LogP contribution in [0.2, 0.25) is 0 Å². The van der Waals surface area contributed by atoms with Gasteiger partial charge in [0.1, 0.15) is 12.4 Å². The highest BCUT2D eigenvalue weighted by Crippen LogP contribution is 2.25. The number of hydrogen-bond acceptors (Lipinski definition) is 2. The molecule has 2 rings (SSSR count). The minimum Gasteiger partial charge on any atom is -0.491 e. The predicted octanol–water partition coefficient (Wildman–Crippen LogP) is 2.14. The SMILES string of the molecule is Cc1cccc2c1C(=O)NC(C(C)C)CO2. The summed E-state index contributed by atoms with van der Waals surface area (Å²) in [6, 6.07) is 5.78. The summed E-state index contributed by atoms with van der Waals surface area (Å²) in [5.41, 5.74) is 1.63. The first-order valence-corrected chi connectivity index (χ1v) is 5.63. The lowest BCUT2D eigenvalue weighted by molar-refractivity contribution is 0.0925. The number of nitrogens with one attached hydrogen (secondary N) is 1. The van der Waals surface area contributed by atoms with Gasteiger partial charge in [-0.3, -0.25) is 4.79 Å². The maximum atomic E-state index is 12.1. The molecule has 1 aromatic carbocycles. The molecule has 86 valence electrons. The van der Waals surface area contributed by atoms with Crippen LogP contribution in [0.25, 0.3) is 0 Å². The van der Waals surface area contributed by atoms with Crippen LogP contribution in [0, 0.1) is 12.8 Å². The Morgan fingerprint density at radius 3 is 2.88 bits per heavy atom. The molecule has 1 aliphatic heterocycles. The highest BCUT2D eigenvalue weighted by atomic mass is 16.5. The second-order valence-corrected chi connectivity index (χ2v) is 4.58. The molecule has 0 aliphatic carbocycles. The van der Waals surface area contributed by atoms with E-state index in [1.165, 1.54) is 0 Å². The van der Waals surface area contributed by atoms with E-state index in [0.29, 0.717) is 23.8 Å². The number of carbonyl (C=O) groups is 1. The van der Waals surface area contributed by atoms with Crippen molar-refractivity contribution in [1.82, 2.24) is 5.32 Å². The Morgan fingerprint density at radius 1 is 1.44 bits per heavy atom. The van der Waals surface area contributed by atoms with E-state index < -0.39 is 0 Å². The molecule has 0 bridgehead atoms. The zero-order valence-corrected chi connectivity index (χ0v) is 9.91. The highest BCUT2D eigenvalue weighted by molar-refractivity contribution is 5.98. The molecule has 3 nitrogen and oxygen atoms in total. The normalized spacial score (nSPS) is 19.8. The molecule has 0 fully saturated rings. The van der Waals surface area contributed by atoms with E-state index in [9.17, 15) is 4.79 Å². The van der Waals surface area contributed by atoms with Crippen LogP contribution >= 0.6 is 0 Å². The summed E-state index contributed by atoms with van der Waals surface area (Å²) in [5.74, 6) is 1.04. The fraction of sp³-hybridized carbons (Fsp3) is 0.462. The molecule has 0 spiro atoms. The Bertz CT molecular complexity index is 412. The Hall–Kier alpha value is -1.51. The fourth-order valence-electron chi connectivity index (χ4n) is 1.87. The van der Waals surface area contributed by atoms with Crippen LogP contribution in [0.15, 0.2) is 18.2 Å². The Balaban J connectivity index is 2.36. The maximum absolute atomic E-state index is 12.1. The summed E-state index contributed by atoms with van der Waals surface area (Å²) < 4.78 is 5.69. The van der Waals surface area contributed by atoms with E-state index in [1.54, 1.807) is 0 Å². The number of ether oxygens (including phenoxy) is 1. The minimum atomic E-state index is -0.0238. The summed E-state index contributed by atoms with van der Waals surface area (Å²) in [6.45, 7) is 6.63. The third-order valence-electron chi connectivity index (χ3n) is 3.00. The fourth-order valence-corrected chi connectivity index (χ4v) is 1.87. The van der Waals surface area contributed by atoms with Crippen molar-refractivity contribution >= 4 is 5.91 Å². The average molecular weight is 219 g/mol. The number of fused-ring (bicyclic) bond motifs is 1. The van der Waals surface area contributed by atoms with Gasteiger partial charge in [-0.15, -0.1) is 0 Å². The Labute approximate surface area is 95.8 Å².